The van der Waals surface area contributed by atoms with E-state index in [1.165, 1.54) is 13.2 Å². The number of carbonyl (C=O) groups is 1. The lowest BCUT2D eigenvalue weighted by Gasteiger charge is -2.18. The van der Waals surface area contributed by atoms with Crippen LogP contribution in [0.25, 0.3) is 6.08 Å². The fourth-order valence-electron chi connectivity index (χ4n) is 3.13. The van der Waals surface area contributed by atoms with Crippen LogP contribution in [0.1, 0.15) is 30.5 Å². The number of ether oxygens (including phenoxy) is 5. The number of hydrogen-bond acceptors (Lipinski definition) is 6. The summed E-state index contributed by atoms with van der Waals surface area (Å²) in [6, 6.07) is 9.00. The minimum Gasteiger partial charge on any atom is -0.493 e. The molecule has 162 valence electrons. The molecule has 7 nitrogen and oxygen atoms in total. The predicted molar refractivity (Wildman–Crippen MR) is 116 cm³/mol. The molecule has 0 aromatic heterocycles. The Bertz CT molecular complexity index is 894. The SMILES string of the molecule is CCC(NC(=O)/C=C/c1ccc(OC)c(OC)c1OC)c1ccc(OC)c(OC)c1. The highest BCUT2D eigenvalue weighted by Crippen LogP contribution is 2.40. The van der Waals surface area contributed by atoms with Gasteiger partial charge < -0.3 is 29.0 Å². The smallest absolute Gasteiger partial charge is 0.244 e. The quantitative estimate of drug-likeness (QED) is 0.591. The van der Waals surface area contributed by atoms with E-state index in [-0.39, 0.29) is 11.9 Å². The maximum absolute atomic E-state index is 12.6. The van der Waals surface area contributed by atoms with Gasteiger partial charge >= 0.3 is 0 Å². The first kappa shape index (κ1) is 22.9. The van der Waals surface area contributed by atoms with Crippen molar-refractivity contribution in [2.75, 3.05) is 35.5 Å². The molecule has 0 fully saturated rings. The Kier molecular flexibility index (Phi) is 8.41. The van der Waals surface area contributed by atoms with Crippen LogP contribution in [0.2, 0.25) is 0 Å². The summed E-state index contributed by atoms with van der Waals surface area (Å²) in [5, 5.41) is 3.01. The van der Waals surface area contributed by atoms with Gasteiger partial charge in [0.05, 0.1) is 41.6 Å². The Hall–Kier alpha value is -3.35. The van der Waals surface area contributed by atoms with Gasteiger partial charge in [-0.25, -0.2) is 0 Å². The van der Waals surface area contributed by atoms with Crippen LogP contribution in [0.15, 0.2) is 36.4 Å². The third-order valence-corrected chi connectivity index (χ3v) is 4.68. The van der Waals surface area contributed by atoms with Gasteiger partial charge in [-0.1, -0.05) is 13.0 Å². The lowest BCUT2D eigenvalue weighted by atomic mass is 10.0. The summed E-state index contributed by atoms with van der Waals surface area (Å²) in [4.78, 5) is 12.6. The largest absolute Gasteiger partial charge is 0.493 e. The summed E-state index contributed by atoms with van der Waals surface area (Å²) >= 11 is 0. The fraction of sp³-hybridized carbons (Fsp3) is 0.348. The van der Waals surface area contributed by atoms with Crippen LogP contribution in [0, 0.1) is 0 Å². The molecule has 2 aromatic carbocycles. The van der Waals surface area contributed by atoms with E-state index in [1.807, 2.05) is 25.1 Å². The number of amides is 1. The minimum atomic E-state index is -0.228. The summed E-state index contributed by atoms with van der Waals surface area (Å²) in [5.74, 6) is 2.55. The fourth-order valence-corrected chi connectivity index (χ4v) is 3.13. The second kappa shape index (κ2) is 11.0. The highest BCUT2D eigenvalue weighted by atomic mass is 16.5. The van der Waals surface area contributed by atoms with Crippen LogP contribution >= 0.6 is 0 Å². The first-order valence-corrected chi connectivity index (χ1v) is 9.52. The highest BCUT2D eigenvalue weighted by Gasteiger charge is 2.16. The molecule has 0 saturated carbocycles. The van der Waals surface area contributed by atoms with Gasteiger partial charge in [-0.15, -0.1) is 0 Å². The molecular weight excluding hydrogens is 386 g/mol. The average Bonchev–Trinajstić information content (AvgIpc) is 2.79. The van der Waals surface area contributed by atoms with Crippen molar-refractivity contribution in [3.8, 4) is 28.7 Å². The van der Waals surface area contributed by atoms with E-state index in [1.54, 1.807) is 46.6 Å². The molecule has 1 atom stereocenters. The Balaban J connectivity index is 2.21. The molecule has 30 heavy (non-hydrogen) atoms. The zero-order valence-electron chi connectivity index (χ0n) is 18.3. The van der Waals surface area contributed by atoms with E-state index in [2.05, 4.69) is 5.32 Å². The second-order valence-electron chi connectivity index (χ2n) is 6.34. The second-order valence-corrected chi connectivity index (χ2v) is 6.34. The third-order valence-electron chi connectivity index (χ3n) is 4.68. The average molecular weight is 415 g/mol. The monoisotopic (exact) mass is 415 g/mol. The van der Waals surface area contributed by atoms with E-state index in [9.17, 15) is 4.79 Å². The number of methoxy groups -OCH3 is 5. The van der Waals surface area contributed by atoms with Gasteiger partial charge in [-0.3, -0.25) is 4.79 Å². The molecule has 0 radical (unpaired) electrons. The van der Waals surface area contributed by atoms with Crippen molar-refractivity contribution < 1.29 is 28.5 Å². The van der Waals surface area contributed by atoms with Crippen LogP contribution in [0.4, 0.5) is 0 Å². The predicted octanol–water partition coefficient (Wildman–Crippen LogP) is 4.01. The van der Waals surface area contributed by atoms with E-state index < -0.39 is 0 Å². The van der Waals surface area contributed by atoms with Crippen LogP contribution < -0.4 is 29.0 Å². The zero-order chi connectivity index (χ0) is 22.1. The van der Waals surface area contributed by atoms with E-state index in [0.717, 1.165) is 12.0 Å². The molecule has 2 rings (SSSR count). The van der Waals surface area contributed by atoms with Gasteiger partial charge in [0.1, 0.15) is 0 Å². The van der Waals surface area contributed by atoms with E-state index >= 15 is 0 Å². The van der Waals surface area contributed by atoms with Crippen LogP contribution in [-0.2, 0) is 4.79 Å². The highest BCUT2D eigenvalue weighted by molar-refractivity contribution is 5.92. The minimum absolute atomic E-state index is 0.172. The molecule has 0 saturated heterocycles. The standard InChI is InChI=1S/C23H29NO6/c1-7-17(16-9-11-18(26-2)20(14-16)28-4)24-21(25)13-10-15-8-12-19(27-3)23(30-6)22(15)29-5/h8-14,17H,7H2,1-6H3,(H,24,25)/b13-10+. The summed E-state index contributed by atoms with van der Waals surface area (Å²) in [7, 11) is 7.80. The van der Waals surface area contributed by atoms with Gasteiger partial charge in [-0.05, 0) is 42.3 Å². The molecule has 1 amide bonds. The molecule has 1 N–H and O–H groups in total. The number of hydrogen-bond donors (Lipinski definition) is 1. The lowest BCUT2D eigenvalue weighted by molar-refractivity contribution is -0.117. The van der Waals surface area contributed by atoms with Gasteiger partial charge in [0.2, 0.25) is 11.7 Å². The number of carbonyl (C=O) groups excluding carboxylic acids is 1. The van der Waals surface area contributed by atoms with Crippen molar-refractivity contribution in [1.29, 1.82) is 0 Å². The molecular formula is C23H29NO6. The molecule has 0 aliphatic rings. The van der Waals surface area contributed by atoms with Crippen molar-refractivity contribution >= 4 is 12.0 Å². The van der Waals surface area contributed by atoms with Gasteiger partial charge in [-0.2, -0.15) is 0 Å². The summed E-state index contributed by atoms with van der Waals surface area (Å²) in [5.41, 5.74) is 1.63. The summed E-state index contributed by atoms with van der Waals surface area (Å²) < 4.78 is 26.7. The maximum Gasteiger partial charge on any atom is 0.244 e. The molecule has 0 spiro atoms. The van der Waals surface area contributed by atoms with Gasteiger partial charge in [0.15, 0.2) is 23.0 Å². The van der Waals surface area contributed by atoms with Gasteiger partial charge in [0.25, 0.3) is 0 Å². The Labute approximate surface area is 177 Å². The topological polar surface area (TPSA) is 75.3 Å². The van der Waals surface area contributed by atoms with E-state index in [0.29, 0.717) is 34.3 Å². The van der Waals surface area contributed by atoms with Gasteiger partial charge in [0, 0.05) is 11.6 Å². The number of rotatable bonds is 10. The maximum atomic E-state index is 12.6. The zero-order valence-corrected chi connectivity index (χ0v) is 18.3. The molecule has 0 bridgehead atoms. The molecule has 0 heterocycles. The van der Waals surface area contributed by atoms with Crippen molar-refractivity contribution in [1.82, 2.24) is 5.32 Å². The van der Waals surface area contributed by atoms with E-state index in [4.69, 9.17) is 23.7 Å². The molecule has 7 heteroatoms. The number of benzene rings is 2. The van der Waals surface area contributed by atoms with Crippen molar-refractivity contribution in [2.24, 2.45) is 0 Å². The Morgan fingerprint density at radius 3 is 2.07 bits per heavy atom. The van der Waals surface area contributed by atoms with Crippen molar-refractivity contribution in [3.63, 3.8) is 0 Å². The van der Waals surface area contributed by atoms with Crippen LogP contribution in [0.5, 0.6) is 28.7 Å². The molecule has 2 aromatic rings. The van der Waals surface area contributed by atoms with Crippen LogP contribution in [-0.4, -0.2) is 41.5 Å². The van der Waals surface area contributed by atoms with Crippen LogP contribution in [0.3, 0.4) is 0 Å². The molecule has 1 unspecified atom stereocenters. The summed E-state index contributed by atoms with van der Waals surface area (Å²) in [6.07, 6.45) is 3.86. The van der Waals surface area contributed by atoms with Crippen molar-refractivity contribution in [3.05, 3.63) is 47.5 Å². The Morgan fingerprint density at radius 1 is 0.867 bits per heavy atom. The Morgan fingerprint density at radius 2 is 1.50 bits per heavy atom. The third kappa shape index (κ3) is 5.17. The summed E-state index contributed by atoms with van der Waals surface area (Å²) in [6.45, 7) is 2.00. The first-order valence-electron chi connectivity index (χ1n) is 9.52. The van der Waals surface area contributed by atoms with Crippen molar-refractivity contribution in [2.45, 2.75) is 19.4 Å². The normalized spacial score (nSPS) is 11.7. The molecule has 0 aliphatic heterocycles. The first-order chi connectivity index (χ1) is 14.5. The number of nitrogens with one attached hydrogen (secondary N) is 1. The lowest BCUT2D eigenvalue weighted by Crippen LogP contribution is -2.26. The molecule has 0 aliphatic carbocycles.